The zero-order valence-corrected chi connectivity index (χ0v) is 21.3. The van der Waals surface area contributed by atoms with Gasteiger partial charge in [-0.15, -0.1) is 0 Å². The summed E-state index contributed by atoms with van der Waals surface area (Å²) in [5, 5.41) is 0. The lowest BCUT2D eigenvalue weighted by Gasteiger charge is -2.47. The fourth-order valence-corrected chi connectivity index (χ4v) is 6.97. The second kappa shape index (κ2) is 10.7. The molecule has 0 N–H and O–H groups in total. The zero-order chi connectivity index (χ0) is 25.0. The van der Waals surface area contributed by atoms with Crippen molar-refractivity contribution in [2.75, 3.05) is 19.9 Å². The quantitative estimate of drug-likeness (QED) is 0.277. The molecule has 3 saturated heterocycles. The van der Waals surface area contributed by atoms with Gasteiger partial charge in [0.15, 0.2) is 6.79 Å². The second-order valence-electron chi connectivity index (χ2n) is 10.6. The van der Waals surface area contributed by atoms with Crippen LogP contribution in [0.15, 0.2) is 60.7 Å². The molecule has 192 valence electrons. The first-order valence-corrected chi connectivity index (χ1v) is 13.6. The Balaban J connectivity index is 1.42. The molecule has 0 amide bonds. The number of quaternary nitrogens is 1. The van der Waals surface area contributed by atoms with Gasteiger partial charge in [-0.25, -0.2) is 4.79 Å². The van der Waals surface area contributed by atoms with Crippen molar-refractivity contribution in [3.63, 3.8) is 0 Å². The minimum Gasteiger partial charge on any atom is -0.459 e. The van der Waals surface area contributed by atoms with Crippen molar-refractivity contribution in [1.82, 2.24) is 0 Å². The highest BCUT2D eigenvalue weighted by molar-refractivity contribution is 5.86. The van der Waals surface area contributed by atoms with E-state index in [2.05, 4.69) is 0 Å². The Bertz CT molecular complexity index is 978. The van der Waals surface area contributed by atoms with Gasteiger partial charge in [0.1, 0.15) is 6.10 Å². The highest BCUT2D eigenvalue weighted by Gasteiger charge is 2.56. The largest absolute Gasteiger partial charge is 0.459 e. The molecule has 0 saturated carbocycles. The number of hydrogen-bond donors (Lipinski definition) is 0. The van der Waals surface area contributed by atoms with Gasteiger partial charge in [0.05, 0.1) is 25.2 Å². The molecule has 2 atom stereocenters. The second-order valence-corrected chi connectivity index (χ2v) is 10.6. The molecule has 0 radical (unpaired) electrons. The molecule has 6 heteroatoms. The maximum absolute atomic E-state index is 14.2. The number of rotatable bonds is 9. The number of hydrogen-bond acceptors (Lipinski definition) is 5. The van der Waals surface area contributed by atoms with Crippen LogP contribution in [0.5, 0.6) is 0 Å². The van der Waals surface area contributed by atoms with Gasteiger partial charge in [-0.05, 0) is 17.5 Å². The Morgan fingerprint density at radius 1 is 0.889 bits per heavy atom. The fraction of sp³-hybridized carbons (Fsp3) is 0.533. The number of ether oxygens (including phenoxy) is 3. The Morgan fingerprint density at radius 2 is 1.44 bits per heavy atom. The maximum atomic E-state index is 14.2. The number of esters is 2. The van der Waals surface area contributed by atoms with Crippen LogP contribution in [-0.4, -0.2) is 54.5 Å². The van der Waals surface area contributed by atoms with Crippen LogP contribution in [-0.2, 0) is 29.4 Å². The van der Waals surface area contributed by atoms with Crippen molar-refractivity contribution in [2.45, 2.75) is 82.1 Å². The standard InChI is InChI=1S/C30H38NO5/c1-2-11-28(32)34-22-35-30(23-12-5-3-6-13-23,24-14-7-4-8-15-24)29(33)36-27-20-25-16-17-26(21-27)31(25)18-9-10-19-31/h3-8,12-15,25-27H,2,9-11,16-22H2,1H3/q+1. The molecule has 2 aromatic rings. The van der Waals surface area contributed by atoms with Gasteiger partial charge < -0.3 is 18.7 Å². The van der Waals surface area contributed by atoms with E-state index in [1.807, 2.05) is 67.6 Å². The van der Waals surface area contributed by atoms with E-state index in [0.717, 1.165) is 12.8 Å². The lowest BCUT2D eigenvalue weighted by Crippen LogP contribution is -2.60. The van der Waals surface area contributed by atoms with Crippen LogP contribution in [0.3, 0.4) is 0 Å². The average molecular weight is 493 g/mol. The van der Waals surface area contributed by atoms with Crippen LogP contribution < -0.4 is 0 Å². The summed E-state index contributed by atoms with van der Waals surface area (Å²) in [5.74, 6) is -0.782. The summed E-state index contributed by atoms with van der Waals surface area (Å²) >= 11 is 0. The normalized spacial score (nSPS) is 24.5. The summed E-state index contributed by atoms with van der Waals surface area (Å²) in [6.07, 6.45) is 7.77. The van der Waals surface area contributed by atoms with Crippen molar-refractivity contribution in [3.8, 4) is 0 Å². The Hall–Kier alpha value is -2.70. The molecule has 3 aliphatic heterocycles. The van der Waals surface area contributed by atoms with Gasteiger partial charge in [-0.1, -0.05) is 67.6 Å². The molecule has 6 nitrogen and oxygen atoms in total. The zero-order valence-electron chi connectivity index (χ0n) is 21.3. The Kier molecular flexibility index (Phi) is 7.44. The van der Waals surface area contributed by atoms with Crippen LogP contribution in [0, 0.1) is 0 Å². The van der Waals surface area contributed by atoms with Gasteiger partial charge in [-0.2, -0.15) is 0 Å². The van der Waals surface area contributed by atoms with E-state index >= 15 is 0 Å². The molecule has 2 aromatic carbocycles. The number of nitrogens with zero attached hydrogens (tertiary/aromatic N) is 1. The van der Waals surface area contributed by atoms with E-state index in [1.54, 1.807) is 0 Å². The molecule has 0 aliphatic carbocycles. The van der Waals surface area contributed by atoms with Crippen LogP contribution in [0.2, 0.25) is 0 Å². The summed E-state index contributed by atoms with van der Waals surface area (Å²) in [5.41, 5.74) is -0.199. The molecule has 0 aromatic heterocycles. The van der Waals surface area contributed by atoms with E-state index in [4.69, 9.17) is 14.2 Å². The van der Waals surface area contributed by atoms with Gasteiger partial charge in [0.25, 0.3) is 0 Å². The van der Waals surface area contributed by atoms with E-state index in [-0.39, 0.29) is 18.9 Å². The lowest BCUT2D eigenvalue weighted by atomic mass is 9.85. The average Bonchev–Trinajstić information content (AvgIpc) is 3.44. The van der Waals surface area contributed by atoms with E-state index in [0.29, 0.717) is 36.1 Å². The minimum atomic E-state index is -1.52. The van der Waals surface area contributed by atoms with E-state index < -0.39 is 11.6 Å². The van der Waals surface area contributed by atoms with Gasteiger partial charge in [0.2, 0.25) is 5.60 Å². The number of benzene rings is 2. The molecule has 2 unspecified atom stereocenters. The van der Waals surface area contributed by atoms with Crippen LogP contribution in [0.25, 0.3) is 0 Å². The Labute approximate surface area is 214 Å². The summed E-state index contributed by atoms with van der Waals surface area (Å²) in [7, 11) is 0. The monoisotopic (exact) mass is 492 g/mol. The van der Waals surface area contributed by atoms with E-state index in [1.165, 1.54) is 43.3 Å². The fourth-order valence-electron chi connectivity index (χ4n) is 6.97. The number of carbonyl (C=O) groups is 2. The third-order valence-corrected chi connectivity index (χ3v) is 8.63. The van der Waals surface area contributed by atoms with Gasteiger partial charge in [-0.3, -0.25) is 4.79 Å². The summed E-state index contributed by atoms with van der Waals surface area (Å²) in [6.45, 7) is 4.15. The minimum absolute atomic E-state index is 0.127. The number of piperidine rings is 1. The summed E-state index contributed by atoms with van der Waals surface area (Å²) in [6, 6.07) is 20.0. The predicted molar refractivity (Wildman–Crippen MR) is 136 cm³/mol. The molecule has 3 fully saturated rings. The predicted octanol–water partition coefficient (Wildman–Crippen LogP) is 5.09. The van der Waals surface area contributed by atoms with Crippen molar-refractivity contribution < 1.29 is 28.3 Å². The number of carbonyl (C=O) groups excluding carboxylic acids is 2. The van der Waals surface area contributed by atoms with Gasteiger partial charge in [0, 0.05) is 44.9 Å². The van der Waals surface area contributed by atoms with E-state index in [9.17, 15) is 9.59 Å². The first-order chi connectivity index (χ1) is 17.6. The first kappa shape index (κ1) is 25.0. The molecule has 5 rings (SSSR count). The highest BCUT2D eigenvalue weighted by Crippen LogP contribution is 2.47. The third-order valence-electron chi connectivity index (χ3n) is 8.63. The van der Waals surface area contributed by atoms with Crippen LogP contribution in [0.1, 0.15) is 69.4 Å². The van der Waals surface area contributed by atoms with Crippen LogP contribution >= 0.6 is 0 Å². The molecular formula is C30H38NO5+. The topological polar surface area (TPSA) is 61.8 Å². The first-order valence-electron chi connectivity index (χ1n) is 13.6. The van der Waals surface area contributed by atoms with Crippen molar-refractivity contribution in [2.24, 2.45) is 0 Å². The van der Waals surface area contributed by atoms with Crippen LogP contribution in [0.4, 0.5) is 0 Å². The highest BCUT2D eigenvalue weighted by atomic mass is 16.7. The summed E-state index contributed by atoms with van der Waals surface area (Å²) < 4.78 is 19.2. The lowest BCUT2D eigenvalue weighted by molar-refractivity contribution is -0.956. The summed E-state index contributed by atoms with van der Waals surface area (Å²) in [4.78, 5) is 26.3. The van der Waals surface area contributed by atoms with Crippen molar-refractivity contribution >= 4 is 11.9 Å². The molecule has 3 heterocycles. The molecule has 36 heavy (non-hydrogen) atoms. The Morgan fingerprint density at radius 3 is 1.97 bits per heavy atom. The third kappa shape index (κ3) is 4.57. The van der Waals surface area contributed by atoms with Crippen molar-refractivity contribution in [1.29, 1.82) is 0 Å². The van der Waals surface area contributed by atoms with Gasteiger partial charge >= 0.3 is 11.9 Å². The molecular weight excluding hydrogens is 454 g/mol. The maximum Gasteiger partial charge on any atom is 0.348 e. The smallest absolute Gasteiger partial charge is 0.348 e. The molecule has 2 bridgehead atoms. The molecule has 3 aliphatic rings. The molecule has 1 spiro atoms. The SMILES string of the molecule is CCCC(=O)OCOC(C(=O)OC1CC2CCC(C1)[N+]21CCCC1)(c1ccccc1)c1ccccc1. The van der Waals surface area contributed by atoms with Crippen molar-refractivity contribution in [3.05, 3.63) is 71.8 Å².